The van der Waals surface area contributed by atoms with Crippen molar-refractivity contribution in [2.45, 2.75) is 82.3 Å². The van der Waals surface area contributed by atoms with Crippen molar-refractivity contribution in [1.82, 2.24) is 10.2 Å². The molecule has 2 aliphatic rings. The minimum atomic E-state index is -1.05. The topological polar surface area (TPSA) is 54.0 Å². The first-order chi connectivity index (χ1) is 19.0. The number of hydrogen-bond acceptors (Lipinski definition) is 5. The van der Waals surface area contributed by atoms with Crippen molar-refractivity contribution >= 4 is 11.6 Å². The Bertz CT molecular complexity index is 984. The van der Waals surface area contributed by atoms with E-state index in [0.717, 1.165) is 62.5 Å². The molecule has 1 aliphatic carbocycles. The fourth-order valence-corrected chi connectivity index (χ4v) is 7.05. The number of nitrogens with zero attached hydrogens (tertiary/aromatic N) is 1. The minimum absolute atomic E-state index is 0.0936. The number of piperidine rings is 1. The van der Waals surface area contributed by atoms with Gasteiger partial charge in [-0.15, -0.1) is 0 Å². The van der Waals surface area contributed by atoms with E-state index in [1.807, 2.05) is 48.5 Å². The van der Waals surface area contributed by atoms with E-state index >= 15 is 0 Å². The molecule has 4 rings (SSSR count). The molecule has 1 aliphatic heterocycles. The molecule has 2 fully saturated rings. The van der Waals surface area contributed by atoms with Gasteiger partial charge in [-0.25, -0.2) is 0 Å². The van der Waals surface area contributed by atoms with Crippen LogP contribution >= 0.6 is 11.6 Å². The largest absolute Gasteiger partial charge is 0.457 e. The molecule has 6 heteroatoms. The highest BCUT2D eigenvalue weighted by molar-refractivity contribution is 6.30. The van der Waals surface area contributed by atoms with E-state index in [1.54, 1.807) is 7.11 Å². The third-order valence-corrected chi connectivity index (χ3v) is 9.18. The van der Waals surface area contributed by atoms with Crippen LogP contribution in [0.3, 0.4) is 0 Å². The number of halogens is 1. The molecule has 0 spiro atoms. The van der Waals surface area contributed by atoms with Gasteiger partial charge < -0.3 is 19.9 Å². The lowest BCUT2D eigenvalue weighted by atomic mass is 9.73. The summed E-state index contributed by atoms with van der Waals surface area (Å²) in [6.45, 7) is 3.67. The van der Waals surface area contributed by atoms with Gasteiger partial charge in [0.1, 0.15) is 11.5 Å². The summed E-state index contributed by atoms with van der Waals surface area (Å²) in [4.78, 5) is 2.67. The van der Waals surface area contributed by atoms with Crippen molar-refractivity contribution < 1.29 is 14.6 Å². The zero-order valence-electron chi connectivity index (χ0n) is 24.0. The Morgan fingerprint density at radius 2 is 1.85 bits per heavy atom. The van der Waals surface area contributed by atoms with E-state index in [0.29, 0.717) is 29.8 Å². The molecule has 0 bridgehead atoms. The summed E-state index contributed by atoms with van der Waals surface area (Å²) in [6.07, 6.45) is 12.6. The molecule has 2 aromatic carbocycles. The smallest absolute Gasteiger partial charge is 0.133 e. The van der Waals surface area contributed by atoms with Crippen LogP contribution in [0.1, 0.15) is 76.2 Å². The zero-order valence-corrected chi connectivity index (χ0v) is 24.8. The Morgan fingerprint density at radius 3 is 2.59 bits per heavy atom. The molecule has 0 aromatic heterocycles. The summed E-state index contributed by atoms with van der Waals surface area (Å²) >= 11 is 6.57. The normalized spacial score (nSPS) is 21.4. The van der Waals surface area contributed by atoms with Gasteiger partial charge in [0.05, 0.1) is 5.60 Å². The molecular formula is C33H49ClN2O3. The highest BCUT2D eigenvalue weighted by Crippen LogP contribution is 2.45. The molecule has 1 heterocycles. The van der Waals surface area contributed by atoms with E-state index in [-0.39, 0.29) is 5.92 Å². The second-order valence-corrected chi connectivity index (χ2v) is 12.2. The number of ether oxygens (including phenoxy) is 2. The number of rotatable bonds is 14. The summed E-state index contributed by atoms with van der Waals surface area (Å²) in [5.41, 5.74) is -0.239. The quantitative estimate of drug-likeness (QED) is 0.237. The van der Waals surface area contributed by atoms with Crippen LogP contribution in [0.2, 0.25) is 5.02 Å². The first kappa shape index (κ1) is 30.3. The van der Waals surface area contributed by atoms with Crippen LogP contribution < -0.4 is 10.1 Å². The Balaban J connectivity index is 1.61. The van der Waals surface area contributed by atoms with Crippen LogP contribution in [0.4, 0.5) is 0 Å². The van der Waals surface area contributed by atoms with Crippen molar-refractivity contribution in [3.63, 3.8) is 0 Å². The number of unbranched alkanes of at least 4 members (excludes halogenated alkanes) is 1. The third kappa shape index (κ3) is 8.43. The number of likely N-dealkylation sites (tertiary alicyclic amines) is 1. The number of hydrogen-bond donors (Lipinski definition) is 2. The first-order valence-corrected chi connectivity index (χ1v) is 15.5. The lowest BCUT2D eigenvalue weighted by Gasteiger charge is -2.46. The Hall–Kier alpha value is -1.63. The Labute approximate surface area is 241 Å². The summed E-state index contributed by atoms with van der Waals surface area (Å²) < 4.78 is 11.7. The van der Waals surface area contributed by atoms with Gasteiger partial charge in [0.15, 0.2) is 0 Å². The van der Waals surface area contributed by atoms with Gasteiger partial charge in [0.2, 0.25) is 0 Å². The average molecular weight is 557 g/mol. The predicted molar refractivity (Wildman–Crippen MR) is 161 cm³/mol. The van der Waals surface area contributed by atoms with Crippen LogP contribution in [0.25, 0.3) is 0 Å². The lowest BCUT2D eigenvalue weighted by Crippen LogP contribution is -2.52. The third-order valence-electron chi connectivity index (χ3n) is 8.95. The molecule has 216 valence electrons. The maximum absolute atomic E-state index is 12.7. The van der Waals surface area contributed by atoms with Crippen LogP contribution in [-0.4, -0.2) is 56.4 Å². The van der Waals surface area contributed by atoms with Gasteiger partial charge in [-0.1, -0.05) is 61.9 Å². The molecule has 3 atom stereocenters. The number of likely N-dealkylation sites (N-methyl/N-ethyl adjacent to an activating group) is 1. The monoisotopic (exact) mass is 556 g/mol. The van der Waals surface area contributed by atoms with Crippen LogP contribution in [0, 0.1) is 11.8 Å². The first-order valence-electron chi connectivity index (χ1n) is 15.2. The number of benzene rings is 2. The van der Waals surface area contributed by atoms with Gasteiger partial charge in [-0.05, 0) is 88.4 Å². The van der Waals surface area contributed by atoms with Crippen molar-refractivity contribution in [3.8, 4) is 11.5 Å². The van der Waals surface area contributed by atoms with Crippen molar-refractivity contribution in [1.29, 1.82) is 0 Å². The van der Waals surface area contributed by atoms with Gasteiger partial charge in [0.25, 0.3) is 0 Å². The standard InChI is InChI=1S/C33H49ClN2O3/c1-35-24-29(22-26-12-5-3-6-13-26)36-20-11-14-27(25-36)33(37,19-9-10-21-38-2)31-23-28(34)17-18-32(31)39-30-15-7-4-8-16-30/h4,7-8,15-18,23,26-27,29,35,37H,3,5-6,9-14,19-22,24-25H2,1-2H3. The van der Waals surface area contributed by atoms with Crippen LogP contribution in [0.5, 0.6) is 11.5 Å². The van der Waals surface area contributed by atoms with E-state index in [4.69, 9.17) is 21.1 Å². The molecule has 39 heavy (non-hydrogen) atoms. The van der Waals surface area contributed by atoms with Crippen molar-refractivity contribution in [2.24, 2.45) is 11.8 Å². The number of methoxy groups -OCH3 is 1. The fraction of sp³-hybridized carbons (Fsp3) is 0.636. The number of para-hydroxylation sites is 1. The maximum atomic E-state index is 12.7. The van der Waals surface area contributed by atoms with Crippen molar-refractivity contribution in [2.75, 3.05) is 40.4 Å². The summed E-state index contributed by atoms with van der Waals surface area (Å²) in [5, 5.41) is 16.8. The van der Waals surface area contributed by atoms with Gasteiger partial charge in [-0.2, -0.15) is 0 Å². The van der Waals surface area contributed by atoms with Gasteiger partial charge >= 0.3 is 0 Å². The molecule has 0 amide bonds. The van der Waals surface area contributed by atoms with Crippen LogP contribution in [0.15, 0.2) is 48.5 Å². The van der Waals surface area contributed by atoms with Crippen LogP contribution in [-0.2, 0) is 10.3 Å². The van der Waals surface area contributed by atoms with Gasteiger partial charge in [0, 0.05) is 49.4 Å². The Morgan fingerprint density at radius 1 is 1.05 bits per heavy atom. The molecule has 2 aromatic rings. The fourth-order valence-electron chi connectivity index (χ4n) is 6.88. The summed E-state index contributed by atoms with van der Waals surface area (Å²) in [6, 6.07) is 16.0. The highest BCUT2D eigenvalue weighted by atomic mass is 35.5. The second kappa shape index (κ2) is 15.4. The highest BCUT2D eigenvalue weighted by Gasteiger charge is 2.43. The number of nitrogens with one attached hydrogen (secondary N) is 1. The van der Waals surface area contributed by atoms with Gasteiger partial charge in [-0.3, -0.25) is 4.90 Å². The van der Waals surface area contributed by atoms with E-state index in [2.05, 4.69) is 17.3 Å². The SMILES string of the molecule is CNCC(CC1CCCCC1)N1CCCC(C(O)(CCCCOC)c2cc(Cl)ccc2Oc2ccccc2)C1. The molecule has 3 unspecified atom stereocenters. The van der Waals surface area contributed by atoms with E-state index < -0.39 is 5.60 Å². The molecule has 5 nitrogen and oxygen atoms in total. The zero-order chi connectivity index (χ0) is 27.5. The summed E-state index contributed by atoms with van der Waals surface area (Å²) in [5.74, 6) is 2.36. The average Bonchev–Trinajstić information content (AvgIpc) is 2.97. The summed E-state index contributed by atoms with van der Waals surface area (Å²) in [7, 11) is 3.81. The predicted octanol–water partition coefficient (Wildman–Crippen LogP) is 7.41. The van der Waals surface area contributed by atoms with Crippen molar-refractivity contribution in [3.05, 3.63) is 59.1 Å². The number of aliphatic hydroxyl groups is 1. The molecular weight excluding hydrogens is 508 g/mol. The molecule has 1 saturated heterocycles. The second-order valence-electron chi connectivity index (χ2n) is 11.7. The van der Waals surface area contributed by atoms with E-state index in [9.17, 15) is 5.11 Å². The molecule has 2 N–H and O–H groups in total. The van der Waals surface area contributed by atoms with E-state index in [1.165, 1.54) is 38.5 Å². The molecule has 0 radical (unpaired) electrons. The Kier molecular flexibility index (Phi) is 12.0. The maximum Gasteiger partial charge on any atom is 0.133 e. The molecule has 1 saturated carbocycles. The lowest BCUT2D eigenvalue weighted by molar-refractivity contribution is -0.0699. The minimum Gasteiger partial charge on any atom is -0.457 e.